The van der Waals surface area contributed by atoms with Gasteiger partial charge in [0.25, 0.3) is 0 Å². The molecule has 69 valence electrons. The molecule has 2 rings (SSSR count). The van der Waals surface area contributed by atoms with Gasteiger partial charge in [0.05, 0.1) is 0 Å². The number of hydrogen-bond donors (Lipinski definition) is 1. The molecular weight excluding hydrogens is 235 g/mol. The molecule has 0 spiro atoms. The second-order valence-corrected chi connectivity index (χ2v) is 2.69. The van der Waals surface area contributed by atoms with Gasteiger partial charge in [0, 0.05) is 32.7 Å². The Labute approximate surface area is 106 Å². The van der Waals surface area contributed by atoms with Gasteiger partial charge in [-0.15, -0.1) is 0 Å². The molecule has 13 heavy (non-hydrogen) atoms. The maximum absolute atomic E-state index is 3.25. The summed E-state index contributed by atoms with van der Waals surface area (Å²) >= 11 is 0. The fraction of sp³-hybridized carbons (Fsp3) is 0.364. The van der Waals surface area contributed by atoms with Crippen LogP contribution in [-0.4, -0.2) is 13.1 Å². The number of rotatable bonds is 0. The zero-order valence-electron chi connectivity index (χ0n) is 7.87. The van der Waals surface area contributed by atoms with Gasteiger partial charge in [-0.2, -0.15) is 49.2 Å². The molecule has 1 nitrogen and oxygen atoms in total. The molecule has 1 aromatic rings. The minimum absolute atomic E-state index is 0. The summed E-state index contributed by atoms with van der Waals surface area (Å²) in [6.45, 7) is 2.39. The van der Waals surface area contributed by atoms with Crippen LogP contribution in [0.15, 0.2) is 30.3 Å². The zero-order valence-corrected chi connectivity index (χ0v) is 10.7. The second-order valence-electron chi connectivity index (χ2n) is 2.69. The number of benzene rings is 1. The van der Waals surface area contributed by atoms with Crippen molar-refractivity contribution >= 4 is 0 Å². The van der Waals surface area contributed by atoms with Crippen LogP contribution in [0, 0.1) is 12.5 Å². The van der Waals surface area contributed by atoms with Crippen molar-refractivity contribution in [3.8, 4) is 0 Å². The van der Waals surface area contributed by atoms with E-state index in [1.165, 1.54) is 25.9 Å². The summed E-state index contributed by atoms with van der Waals surface area (Å²) < 4.78 is 0. The normalized spacial score (nSPS) is 14.8. The molecule has 1 saturated heterocycles. The monoisotopic (exact) mass is 250 g/mol. The molecule has 0 saturated carbocycles. The molecule has 1 aliphatic rings. The van der Waals surface area contributed by atoms with E-state index in [1.54, 1.807) is 0 Å². The first kappa shape index (κ1) is 13.3. The first-order chi connectivity index (χ1) is 6.00. The Morgan fingerprint density at radius 3 is 1.77 bits per heavy atom. The van der Waals surface area contributed by atoms with Crippen LogP contribution >= 0.6 is 0 Å². The fourth-order valence-electron chi connectivity index (χ4n) is 1.02. The Kier molecular flexibility index (Phi) is 10.6. The molecule has 0 bridgehead atoms. The van der Waals surface area contributed by atoms with Gasteiger partial charge in [-0.25, -0.2) is 0 Å². The Hall–Kier alpha value is 0.284. The Bertz CT molecular complexity index is 134. The molecule has 1 radical (unpaired) electrons. The van der Waals surface area contributed by atoms with E-state index < -0.39 is 0 Å². The van der Waals surface area contributed by atoms with Crippen LogP contribution < -0.4 is 5.32 Å². The summed E-state index contributed by atoms with van der Waals surface area (Å²) in [6, 6.07) is 12.5. The SMILES string of the molecule is [CH-]1CCNCC1.[Y].[c-]1ccccc1. The molecule has 0 atom stereocenters. The third kappa shape index (κ3) is 8.61. The molecule has 1 heterocycles. The van der Waals surface area contributed by atoms with E-state index in [0.29, 0.717) is 0 Å². The molecule has 1 fully saturated rings. The van der Waals surface area contributed by atoms with E-state index in [9.17, 15) is 0 Å². The van der Waals surface area contributed by atoms with Gasteiger partial charge in [0.15, 0.2) is 0 Å². The molecule has 1 aromatic carbocycles. The van der Waals surface area contributed by atoms with Gasteiger partial charge in [-0.1, -0.05) is 0 Å². The minimum atomic E-state index is 0. The van der Waals surface area contributed by atoms with E-state index in [0.717, 1.165) is 0 Å². The van der Waals surface area contributed by atoms with Crippen LogP contribution in [0.3, 0.4) is 0 Å². The van der Waals surface area contributed by atoms with Crippen molar-refractivity contribution in [3.63, 3.8) is 0 Å². The van der Waals surface area contributed by atoms with Crippen molar-refractivity contribution in [2.45, 2.75) is 12.8 Å². The van der Waals surface area contributed by atoms with E-state index in [1.807, 2.05) is 30.3 Å². The van der Waals surface area contributed by atoms with Crippen LogP contribution in [-0.2, 0) is 32.7 Å². The van der Waals surface area contributed by atoms with Crippen molar-refractivity contribution in [1.82, 2.24) is 5.32 Å². The molecule has 0 aromatic heterocycles. The van der Waals surface area contributed by atoms with E-state index in [2.05, 4.69) is 17.8 Å². The minimum Gasteiger partial charge on any atom is -0.326 e. The van der Waals surface area contributed by atoms with Gasteiger partial charge < -0.3 is 11.7 Å². The predicted octanol–water partition coefficient (Wildman–Crippen LogP) is 2.06. The summed E-state index contributed by atoms with van der Waals surface area (Å²) in [5.41, 5.74) is 0. The summed E-state index contributed by atoms with van der Waals surface area (Å²) in [5.74, 6) is 0. The van der Waals surface area contributed by atoms with Gasteiger partial charge in [0.2, 0.25) is 0 Å². The Balaban J connectivity index is 0.000000206. The first-order valence-electron chi connectivity index (χ1n) is 4.43. The predicted molar refractivity (Wildman–Crippen MR) is 51.7 cm³/mol. The van der Waals surface area contributed by atoms with Crippen LogP contribution in [0.2, 0.25) is 0 Å². The average molecular weight is 250 g/mol. The van der Waals surface area contributed by atoms with Crippen LogP contribution in [0.25, 0.3) is 0 Å². The molecule has 0 aliphatic carbocycles. The molecule has 0 unspecified atom stereocenters. The maximum Gasteiger partial charge on any atom is 0 e. The maximum atomic E-state index is 3.25. The van der Waals surface area contributed by atoms with Crippen molar-refractivity contribution in [2.24, 2.45) is 0 Å². The number of hydrogen-bond acceptors (Lipinski definition) is 1. The van der Waals surface area contributed by atoms with E-state index >= 15 is 0 Å². The third-order valence-corrected chi connectivity index (χ3v) is 1.66. The Morgan fingerprint density at radius 1 is 1.00 bits per heavy atom. The molecular formula is C11H15NY-2. The number of nitrogens with one attached hydrogen (secondary N) is 1. The summed E-state index contributed by atoms with van der Waals surface area (Å²) in [5, 5.41) is 3.25. The van der Waals surface area contributed by atoms with E-state index in [4.69, 9.17) is 0 Å². The Morgan fingerprint density at radius 2 is 1.62 bits per heavy atom. The van der Waals surface area contributed by atoms with Crippen molar-refractivity contribution in [3.05, 3.63) is 42.8 Å². The van der Waals surface area contributed by atoms with Crippen molar-refractivity contribution in [2.75, 3.05) is 13.1 Å². The smallest absolute Gasteiger partial charge is 0 e. The molecule has 1 aliphatic heterocycles. The summed E-state index contributed by atoms with van der Waals surface area (Å²) in [6.07, 6.45) is 4.86. The van der Waals surface area contributed by atoms with Gasteiger partial charge in [-0.05, 0) is 13.1 Å². The van der Waals surface area contributed by atoms with Crippen LogP contribution in [0.5, 0.6) is 0 Å². The van der Waals surface area contributed by atoms with Gasteiger partial charge in [0.1, 0.15) is 0 Å². The molecule has 1 N–H and O–H groups in total. The van der Waals surface area contributed by atoms with Crippen LogP contribution in [0.4, 0.5) is 0 Å². The topological polar surface area (TPSA) is 12.0 Å². The van der Waals surface area contributed by atoms with E-state index in [-0.39, 0.29) is 32.7 Å². The average Bonchev–Trinajstić information content (AvgIpc) is 2.24. The summed E-state index contributed by atoms with van der Waals surface area (Å²) in [7, 11) is 0. The quantitative estimate of drug-likeness (QED) is 0.695. The number of piperidine rings is 1. The van der Waals surface area contributed by atoms with Crippen LogP contribution in [0.1, 0.15) is 12.8 Å². The first-order valence-corrected chi connectivity index (χ1v) is 4.43. The molecule has 2 heteroatoms. The zero-order chi connectivity index (χ0) is 8.49. The fourth-order valence-corrected chi connectivity index (χ4v) is 1.02. The standard InChI is InChI=1S/C6H5.C5H10N.Y/c2*1-2-4-6-5-3-1;/h1-5H;1,6H,2-5H2;/q2*-1;. The molecule has 0 amide bonds. The largest absolute Gasteiger partial charge is 0.326 e. The third-order valence-electron chi connectivity index (χ3n) is 1.66. The van der Waals surface area contributed by atoms with Gasteiger partial charge in [-0.3, -0.25) is 0 Å². The second kappa shape index (κ2) is 10.4. The van der Waals surface area contributed by atoms with Gasteiger partial charge >= 0.3 is 0 Å². The van der Waals surface area contributed by atoms with Crippen molar-refractivity contribution in [1.29, 1.82) is 0 Å². The van der Waals surface area contributed by atoms with Crippen molar-refractivity contribution < 1.29 is 32.7 Å². The summed E-state index contributed by atoms with van der Waals surface area (Å²) in [4.78, 5) is 0.